The van der Waals surface area contributed by atoms with Crippen LogP contribution in [0.5, 0.6) is 0 Å². The van der Waals surface area contributed by atoms with Crippen LogP contribution in [-0.4, -0.2) is 13.9 Å². The molecule has 0 aromatic carbocycles. The van der Waals surface area contributed by atoms with Gasteiger partial charge in [0.05, 0.1) is 5.60 Å². The van der Waals surface area contributed by atoms with Crippen LogP contribution in [0.2, 0.25) is 18.1 Å². The summed E-state index contributed by atoms with van der Waals surface area (Å²) in [4.78, 5) is 0. The highest BCUT2D eigenvalue weighted by atomic mass is 28.4. The molecule has 92 valence electrons. The fourth-order valence-corrected chi connectivity index (χ4v) is 4.03. The van der Waals surface area contributed by atoms with Crippen LogP contribution in [0.15, 0.2) is 0 Å². The molecule has 0 atom stereocenters. The molecule has 0 aromatic heterocycles. The van der Waals surface area contributed by atoms with Gasteiger partial charge in [-0.05, 0) is 43.8 Å². The minimum atomic E-state index is -1.61. The lowest BCUT2D eigenvalue weighted by Crippen LogP contribution is -2.54. The highest BCUT2D eigenvalue weighted by molar-refractivity contribution is 6.74. The summed E-state index contributed by atoms with van der Waals surface area (Å²) in [6, 6.07) is 0. The minimum Gasteiger partial charge on any atom is -0.412 e. The molecular formula is C14H26OSi. The van der Waals surface area contributed by atoms with E-state index in [1.807, 2.05) is 0 Å². The molecule has 0 bridgehead atoms. The van der Waals surface area contributed by atoms with Gasteiger partial charge in [-0.25, -0.2) is 0 Å². The molecule has 1 aliphatic rings. The SMILES string of the molecule is C#CCC1CC(C)(O[Si](C)(C)C(C)(C)C)C1. The molecule has 0 aliphatic heterocycles. The zero-order valence-electron chi connectivity index (χ0n) is 11.7. The predicted molar refractivity (Wildman–Crippen MR) is 72.9 cm³/mol. The highest BCUT2D eigenvalue weighted by Crippen LogP contribution is 2.48. The van der Waals surface area contributed by atoms with Gasteiger partial charge in [-0.3, -0.25) is 0 Å². The first kappa shape index (κ1) is 13.8. The van der Waals surface area contributed by atoms with Gasteiger partial charge >= 0.3 is 0 Å². The maximum Gasteiger partial charge on any atom is 0.192 e. The van der Waals surface area contributed by atoms with Crippen molar-refractivity contribution in [2.45, 2.75) is 70.7 Å². The van der Waals surface area contributed by atoms with E-state index in [9.17, 15) is 0 Å². The van der Waals surface area contributed by atoms with E-state index in [4.69, 9.17) is 10.8 Å². The molecule has 1 fully saturated rings. The Morgan fingerprint density at radius 1 is 1.38 bits per heavy atom. The van der Waals surface area contributed by atoms with Crippen LogP contribution in [-0.2, 0) is 4.43 Å². The zero-order chi connectivity index (χ0) is 12.6. The molecule has 0 radical (unpaired) electrons. The van der Waals surface area contributed by atoms with Crippen LogP contribution in [0.3, 0.4) is 0 Å². The van der Waals surface area contributed by atoms with E-state index in [0.717, 1.165) is 19.3 Å². The van der Waals surface area contributed by atoms with Crippen LogP contribution in [0.25, 0.3) is 0 Å². The van der Waals surface area contributed by atoms with Gasteiger partial charge in [-0.1, -0.05) is 20.8 Å². The third-order valence-corrected chi connectivity index (χ3v) is 8.77. The van der Waals surface area contributed by atoms with Gasteiger partial charge in [0.1, 0.15) is 0 Å². The molecule has 1 saturated carbocycles. The van der Waals surface area contributed by atoms with Crippen LogP contribution < -0.4 is 0 Å². The van der Waals surface area contributed by atoms with E-state index in [2.05, 4.69) is 46.7 Å². The summed E-state index contributed by atoms with van der Waals surface area (Å²) in [5.74, 6) is 3.45. The average Bonchev–Trinajstić information content (AvgIpc) is 1.98. The average molecular weight is 238 g/mol. The van der Waals surface area contributed by atoms with Gasteiger partial charge in [-0.2, -0.15) is 0 Å². The quantitative estimate of drug-likeness (QED) is 0.529. The van der Waals surface area contributed by atoms with Crippen molar-refractivity contribution >= 4 is 8.32 Å². The molecule has 1 aliphatic carbocycles. The van der Waals surface area contributed by atoms with Gasteiger partial charge in [-0.15, -0.1) is 12.3 Å². The summed E-state index contributed by atoms with van der Waals surface area (Å²) < 4.78 is 6.47. The first-order chi connectivity index (χ1) is 7.10. The van der Waals surface area contributed by atoms with Gasteiger partial charge in [0.15, 0.2) is 8.32 Å². The number of terminal acetylenes is 1. The lowest BCUT2D eigenvalue weighted by atomic mass is 9.71. The fraction of sp³-hybridized carbons (Fsp3) is 0.857. The second-order valence-corrected chi connectivity index (χ2v) is 11.7. The monoisotopic (exact) mass is 238 g/mol. The summed E-state index contributed by atoms with van der Waals surface area (Å²) in [6.45, 7) is 13.8. The standard InChI is InChI=1S/C14H26OSi/c1-8-9-12-10-14(5,11-12)15-16(6,7)13(2,3)4/h1,12H,9-11H2,2-7H3. The molecule has 0 N–H and O–H groups in total. The Kier molecular flexibility index (Phi) is 3.62. The molecule has 0 heterocycles. The summed E-state index contributed by atoms with van der Waals surface area (Å²) in [6.07, 6.45) is 8.54. The van der Waals surface area contributed by atoms with Gasteiger partial charge in [0.25, 0.3) is 0 Å². The largest absolute Gasteiger partial charge is 0.412 e. The van der Waals surface area contributed by atoms with Crippen LogP contribution >= 0.6 is 0 Å². The van der Waals surface area contributed by atoms with Gasteiger partial charge in [0, 0.05) is 6.42 Å². The van der Waals surface area contributed by atoms with Crippen molar-refractivity contribution in [2.75, 3.05) is 0 Å². The van der Waals surface area contributed by atoms with Crippen molar-refractivity contribution in [2.24, 2.45) is 5.92 Å². The zero-order valence-corrected chi connectivity index (χ0v) is 12.7. The van der Waals surface area contributed by atoms with E-state index < -0.39 is 8.32 Å². The van der Waals surface area contributed by atoms with E-state index >= 15 is 0 Å². The molecule has 0 saturated heterocycles. The van der Waals surface area contributed by atoms with Crippen molar-refractivity contribution in [1.29, 1.82) is 0 Å². The molecule has 0 unspecified atom stereocenters. The Labute approximate surface area is 102 Å². The number of hydrogen-bond donors (Lipinski definition) is 0. The molecule has 1 rings (SSSR count). The summed E-state index contributed by atoms with van der Waals surface area (Å²) in [7, 11) is -1.61. The summed E-state index contributed by atoms with van der Waals surface area (Å²) in [5, 5.41) is 0.299. The van der Waals surface area contributed by atoms with Crippen molar-refractivity contribution in [3.05, 3.63) is 0 Å². The van der Waals surface area contributed by atoms with Crippen molar-refractivity contribution < 1.29 is 4.43 Å². The van der Waals surface area contributed by atoms with Crippen LogP contribution in [0.4, 0.5) is 0 Å². The fourth-order valence-electron chi connectivity index (χ4n) is 2.32. The molecule has 16 heavy (non-hydrogen) atoms. The Hall–Kier alpha value is -0.263. The molecule has 0 amide bonds. The van der Waals surface area contributed by atoms with E-state index in [1.165, 1.54) is 0 Å². The van der Waals surface area contributed by atoms with Crippen molar-refractivity contribution in [1.82, 2.24) is 0 Å². The normalized spacial score (nSPS) is 30.7. The first-order valence-electron chi connectivity index (χ1n) is 6.23. The molecule has 0 spiro atoms. The Balaban J connectivity index is 2.54. The third-order valence-electron chi connectivity index (χ3n) is 4.16. The number of rotatable bonds is 3. The minimum absolute atomic E-state index is 0.102. The maximum absolute atomic E-state index is 6.47. The first-order valence-corrected chi connectivity index (χ1v) is 9.14. The second kappa shape index (κ2) is 4.20. The van der Waals surface area contributed by atoms with E-state index in [1.54, 1.807) is 0 Å². The third kappa shape index (κ3) is 2.90. The smallest absolute Gasteiger partial charge is 0.192 e. The lowest BCUT2D eigenvalue weighted by molar-refractivity contribution is -0.0428. The summed E-state index contributed by atoms with van der Waals surface area (Å²) in [5.41, 5.74) is 0.102. The van der Waals surface area contributed by atoms with Crippen LogP contribution in [0, 0.1) is 18.3 Å². The van der Waals surface area contributed by atoms with Crippen molar-refractivity contribution in [3.8, 4) is 12.3 Å². The Morgan fingerprint density at radius 3 is 2.25 bits per heavy atom. The summed E-state index contributed by atoms with van der Waals surface area (Å²) >= 11 is 0. The lowest BCUT2D eigenvalue weighted by Gasteiger charge is -2.51. The molecular weight excluding hydrogens is 212 g/mol. The van der Waals surface area contributed by atoms with Crippen LogP contribution in [0.1, 0.15) is 47.0 Å². The Morgan fingerprint density at radius 2 is 1.88 bits per heavy atom. The van der Waals surface area contributed by atoms with E-state index in [0.29, 0.717) is 11.0 Å². The van der Waals surface area contributed by atoms with Gasteiger partial charge in [0.2, 0.25) is 0 Å². The molecule has 1 nitrogen and oxygen atoms in total. The van der Waals surface area contributed by atoms with Gasteiger partial charge < -0.3 is 4.43 Å². The Bertz CT molecular complexity index is 287. The second-order valence-electron chi connectivity index (χ2n) is 6.99. The predicted octanol–water partition coefficient (Wildman–Crippen LogP) is 4.20. The van der Waals surface area contributed by atoms with E-state index in [-0.39, 0.29) is 5.60 Å². The molecule has 0 aromatic rings. The van der Waals surface area contributed by atoms with Crippen molar-refractivity contribution in [3.63, 3.8) is 0 Å². The highest BCUT2D eigenvalue weighted by Gasteiger charge is 2.48. The molecule has 2 heteroatoms. The topological polar surface area (TPSA) is 9.23 Å². The maximum atomic E-state index is 6.47. The number of hydrogen-bond acceptors (Lipinski definition) is 1.